The van der Waals surface area contributed by atoms with Gasteiger partial charge in [-0.3, -0.25) is 14.2 Å². The molecule has 0 saturated carbocycles. The van der Waals surface area contributed by atoms with Crippen LogP contribution >= 0.6 is 0 Å². The van der Waals surface area contributed by atoms with Crippen LogP contribution in [0.4, 0.5) is 11.4 Å². The summed E-state index contributed by atoms with van der Waals surface area (Å²) in [6, 6.07) is 19.0. The molecule has 0 atom stereocenters. The monoisotopic (exact) mass is 485 g/mol. The van der Waals surface area contributed by atoms with E-state index in [1.165, 1.54) is 0 Å². The lowest BCUT2D eigenvalue weighted by Crippen LogP contribution is -2.30. The van der Waals surface area contributed by atoms with Gasteiger partial charge in [0.1, 0.15) is 6.54 Å². The number of carbonyl (C=O) groups excluding carboxylic acids is 1. The lowest BCUT2D eigenvalue weighted by atomic mass is 10.1. The number of methoxy groups -OCH3 is 2. The average Bonchev–Trinajstić information content (AvgIpc) is 2.87. The second-order valence-electron chi connectivity index (χ2n) is 8.89. The van der Waals surface area contributed by atoms with Gasteiger partial charge in [0.25, 0.3) is 5.56 Å². The van der Waals surface area contributed by atoms with E-state index < -0.39 is 0 Å². The maximum Gasteiger partial charge on any atom is 0.256 e. The third-order valence-corrected chi connectivity index (χ3v) is 6.29. The zero-order valence-corrected chi connectivity index (χ0v) is 21.3. The number of anilines is 2. The first-order chi connectivity index (χ1) is 17.3. The van der Waals surface area contributed by atoms with E-state index in [2.05, 4.69) is 10.6 Å². The van der Waals surface area contributed by atoms with E-state index >= 15 is 0 Å². The predicted octanol–water partition coefficient (Wildman–Crippen LogP) is 5.19. The fourth-order valence-electron chi connectivity index (χ4n) is 4.13. The Bertz CT molecular complexity index is 1490. The summed E-state index contributed by atoms with van der Waals surface area (Å²) in [6.45, 7) is 6.19. The summed E-state index contributed by atoms with van der Waals surface area (Å²) in [5.74, 6) is 0.964. The molecule has 1 aromatic heterocycles. The minimum Gasteiger partial charge on any atom is -0.493 e. The van der Waals surface area contributed by atoms with Crippen LogP contribution in [0.1, 0.15) is 22.3 Å². The molecule has 0 fully saturated rings. The smallest absolute Gasteiger partial charge is 0.256 e. The summed E-state index contributed by atoms with van der Waals surface area (Å²) in [5.41, 5.74) is 5.83. The number of aromatic nitrogens is 1. The molecule has 0 radical (unpaired) electrons. The molecule has 186 valence electrons. The van der Waals surface area contributed by atoms with Crippen molar-refractivity contribution in [2.24, 2.45) is 0 Å². The normalized spacial score (nSPS) is 10.8. The number of rotatable bonds is 8. The van der Waals surface area contributed by atoms with Crippen molar-refractivity contribution in [1.29, 1.82) is 0 Å². The fraction of sp³-hybridized carbons (Fsp3) is 0.241. The third-order valence-electron chi connectivity index (χ3n) is 6.29. The zero-order valence-electron chi connectivity index (χ0n) is 21.3. The van der Waals surface area contributed by atoms with E-state index in [0.29, 0.717) is 22.7 Å². The second kappa shape index (κ2) is 10.6. The molecule has 0 bridgehead atoms. The Balaban J connectivity index is 1.63. The van der Waals surface area contributed by atoms with Crippen LogP contribution in [0, 0.1) is 20.8 Å². The Hall–Kier alpha value is -4.26. The highest BCUT2D eigenvalue weighted by Crippen LogP contribution is 2.30. The van der Waals surface area contributed by atoms with Crippen molar-refractivity contribution in [2.75, 3.05) is 24.9 Å². The maximum atomic E-state index is 13.5. The number of aryl methyl sites for hydroxylation is 3. The Morgan fingerprint density at radius 3 is 2.31 bits per heavy atom. The number of ether oxygens (including phenoxy) is 2. The highest BCUT2D eigenvalue weighted by molar-refractivity contribution is 5.92. The van der Waals surface area contributed by atoms with Gasteiger partial charge >= 0.3 is 0 Å². The molecule has 4 aromatic rings. The number of nitrogens with one attached hydrogen (secondary N) is 2. The van der Waals surface area contributed by atoms with E-state index in [1.54, 1.807) is 24.9 Å². The van der Waals surface area contributed by atoms with E-state index in [-0.39, 0.29) is 24.6 Å². The molecule has 0 aliphatic rings. The largest absolute Gasteiger partial charge is 0.493 e. The van der Waals surface area contributed by atoms with Crippen LogP contribution in [0.2, 0.25) is 0 Å². The van der Waals surface area contributed by atoms with Gasteiger partial charge in [0, 0.05) is 29.5 Å². The van der Waals surface area contributed by atoms with Crippen LogP contribution in [-0.4, -0.2) is 24.7 Å². The first-order valence-corrected chi connectivity index (χ1v) is 11.7. The number of benzene rings is 3. The summed E-state index contributed by atoms with van der Waals surface area (Å²) in [4.78, 5) is 26.5. The second-order valence-corrected chi connectivity index (χ2v) is 8.89. The topological polar surface area (TPSA) is 81.6 Å². The molecule has 36 heavy (non-hydrogen) atoms. The van der Waals surface area contributed by atoms with Gasteiger partial charge in [-0.2, -0.15) is 0 Å². The number of amides is 1. The van der Waals surface area contributed by atoms with Gasteiger partial charge in [-0.05, 0) is 79.2 Å². The highest BCUT2D eigenvalue weighted by Gasteiger charge is 2.14. The van der Waals surface area contributed by atoms with Crippen LogP contribution in [-0.2, 0) is 17.9 Å². The number of hydrogen-bond acceptors (Lipinski definition) is 5. The van der Waals surface area contributed by atoms with E-state index in [0.717, 1.165) is 33.3 Å². The van der Waals surface area contributed by atoms with Crippen molar-refractivity contribution < 1.29 is 14.3 Å². The van der Waals surface area contributed by atoms with Crippen molar-refractivity contribution in [3.05, 3.63) is 93.3 Å². The zero-order chi connectivity index (χ0) is 25.8. The summed E-state index contributed by atoms with van der Waals surface area (Å²) in [7, 11) is 3.16. The number of pyridine rings is 1. The van der Waals surface area contributed by atoms with Crippen molar-refractivity contribution in [3.8, 4) is 11.5 Å². The molecule has 0 spiro atoms. The van der Waals surface area contributed by atoms with Crippen LogP contribution < -0.4 is 25.7 Å². The molecule has 4 rings (SSSR count). The standard InChI is InChI=1S/C29H31N3O4/c1-18-6-8-21-14-22(16-30-23-10-11-26(35-4)27(15-23)36-5)29(34)32(25(21)12-18)17-28(33)31-24-9-7-19(2)20(3)13-24/h6-15,30H,16-17H2,1-5H3,(H,31,33). The van der Waals surface area contributed by atoms with E-state index in [1.807, 2.05) is 75.4 Å². The molecular formula is C29H31N3O4. The average molecular weight is 486 g/mol. The van der Waals surface area contributed by atoms with Gasteiger partial charge in [-0.25, -0.2) is 0 Å². The molecule has 1 heterocycles. The highest BCUT2D eigenvalue weighted by atomic mass is 16.5. The van der Waals surface area contributed by atoms with Crippen LogP contribution in [0.15, 0.2) is 65.5 Å². The number of nitrogens with zero attached hydrogens (tertiary/aromatic N) is 1. The number of hydrogen-bond donors (Lipinski definition) is 2. The number of carbonyl (C=O) groups is 1. The minimum atomic E-state index is -0.256. The van der Waals surface area contributed by atoms with Gasteiger partial charge in [0.15, 0.2) is 11.5 Å². The predicted molar refractivity (Wildman–Crippen MR) is 144 cm³/mol. The molecule has 0 aliphatic heterocycles. The molecule has 0 aliphatic carbocycles. The maximum absolute atomic E-state index is 13.5. The molecule has 7 nitrogen and oxygen atoms in total. The molecule has 1 amide bonds. The Morgan fingerprint density at radius 2 is 1.58 bits per heavy atom. The molecule has 0 saturated heterocycles. The Morgan fingerprint density at radius 1 is 0.833 bits per heavy atom. The lowest BCUT2D eigenvalue weighted by Gasteiger charge is -2.15. The van der Waals surface area contributed by atoms with Gasteiger partial charge in [0.05, 0.1) is 19.7 Å². The number of fused-ring (bicyclic) bond motifs is 1. The van der Waals surface area contributed by atoms with Crippen LogP contribution in [0.5, 0.6) is 11.5 Å². The summed E-state index contributed by atoms with van der Waals surface area (Å²) in [6.07, 6.45) is 0. The van der Waals surface area contributed by atoms with E-state index in [9.17, 15) is 9.59 Å². The van der Waals surface area contributed by atoms with Crippen LogP contribution in [0.25, 0.3) is 10.9 Å². The molecule has 0 unspecified atom stereocenters. The van der Waals surface area contributed by atoms with E-state index in [4.69, 9.17) is 9.47 Å². The van der Waals surface area contributed by atoms with Gasteiger partial charge < -0.3 is 20.1 Å². The molecular weight excluding hydrogens is 454 g/mol. The SMILES string of the molecule is COc1ccc(NCc2cc3ccc(C)cc3n(CC(=O)Nc3ccc(C)c(C)c3)c2=O)cc1OC. The quantitative estimate of drug-likeness (QED) is 0.359. The third kappa shape index (κ3) is 5.35. The Kier molecular flexibility index (Phi) is 7.29. The Labute approximate surface area is 210 Å². The van der Waals surface area contributed by atoms with Crippen molar-refractivity contribution in [1.82, 2.24) is 4.57 Å². The molecule has 2 N–H and O–H groups in total. The minimum absolute atomic E-state index is 0.0874. The van der Waals surface area contributed by atoms with Crippen molar-refractivity contribution >= 4 is 28.2 Å². The fourth-order valence-corrected chi connectivity index (χ4v) is 4.13. The van der Waals surface area contributed by atoms with Gasteiger partial charge in [-0.15, -0.1) is 0 Å². The van der Waals surface area contributed by atoms with Crippen molar-refractivity contribution in [2.45, 2.75) is 33.9 Å². The van der Waals surface area contributed by atoms with Gasteiger partial charge in [0.2, 0.25) is 5.91 Å². The van der Waals surface area contributed by atoms with Crippen molar-refractivity contribution in [3.63, 3.8) is 0 Å². The summed E-state index contributed by atoms with van der Waals surface area (Å²) in [5, 5.41) is 7.10. The first kappa shape index (κ1) is 24.9. The summed E-state index contributed by atoms with van der Waals surface area (Å²) >= 11 is 0. The molecule has 7 heteroatoms. The first-order valence-electron chi connectivity index (χ1n) is 11.7. The lowest BCUT2D eigenvalue weighted by molar-refractivity contribution is -0.116. The van der Waals surface area contributed by atoms with Gasteiger partial charge in [-0.1, -0.05) is 18.2 Å². The van der Waals surface area contributed by atoms with Crippen LogP contribution in [0.3, 0.4) is 0 Å². The molecule has 3 aromatic carbocycles. The summed E-state index contributed by atoms with van der Waals surface area (Å²) < 4.78 is 12.2.